The summed E-state index contributed by atoms with van der Waals surface area (Å²) in [6.45, 7) is 8.63. The molecule has 2 rings (SSSR count). The van der Waals surface area contributed by atoms with Crippen molar-refractivity contribution in [1.82, 2.24) is 0 Å². The van der Waals surface area contributed by atoms with Gasteiger partial charge < -0.3 is 15.3 Å². The lowest BCUT2D eigenvalue weighted by Gasteiger charge is -2.58. The van der Waals surface area contributed by atoms with Crippen LogP contribution in [0.15, 0.2) is 23.3 Å². The molecule has 4 unspecified atom stereocenters. The maximum atomic E-state index is 10.8. The monoisotopic (exact) mass is 336 g/mol. The maximum absolute atomic E-state index is 10.8. The third kappa shape index (κ3) is 3.75. The molecule has 4 atom stereocenters. The van der Waals surface area contributed by atoms with Crippen molar-refractivity contribution < 1.29 is 20.1 Å². The van der Waals surface area contributed by atoms with Crippen molar-refractivity contribution in [1.29, 1.82) is 0 Å². The summed E-state index contributed by atoms with van der Waals surface area (Å²) in [4.78, 5) is 10.8. The Bertz CT molecular complexity index is 546. The molecule has 3 N–H and O–H groups in total. The van der Waals surface area contributed by atoms with Gasteiger partial charge in [0.1, 0.15) is 0 Å². The number of carbonyl (C=O) groups is 1. The second-order valence-electron chi connectivity index (χ2n) is 8.70. The third-order valence-corrected chi connectivity index (χ3v) is 6.42. The first-order valence-corrected chi connectivity index (χ1v) is 8.98. The van der Waals surface area contributed by atoms with Gasteiger partial charge in [0.2, 0.25) is 0 Å². The summed E-state index contributed by atoms with van der Waals surface area (Å²) in [5.74, 6) is -0.252. The molecule has 0 aromatic heterocycles. The number of carboxylic acids is 1. The smallest absolute Gasteiger partial charge is 0.328 e. The number of carboxylic acid groups (broad SMARTS) is 1. The number of aliphatic hydroxyl groups is 2. The van der Waals surface area contributed by atoms with Gasteiger partial charge in [0.15, 0.2) is 0 Å². The fourth-order valence-corrected chi connectivity index (χ4v) is 5.52. The Kier molecular flexibility index (Phi) is 5.61. The molecule has 136 valence electrons. The van der Waals surface area contributed by atoms with Crippen LogP contribution in [0.5, 0.6) is 0 Å². The fraction of sp³-hybridized carbons (Fsp3) is 0.750. The van der Waals surface area contributed by atoms with Gasteiger partial charge in [0.25, 0.3) is 0 Å². The second kappa shape index (κ2) is 7.01. The van der Waals surface area contributed by atoms with E-state index in [2.05, 4.69) is 26.8 Å². The lowest BCUT2D eigenvalue weighted by atomic mass is 9.47. The Balaban J connectivity index is 2.29. The molecule has 0 amide bonds. The van der Waals surface area contributed by atoms with E-state index >= 15 is 0 Å². The van der Waals surface area contributed by atoms with E-state index in [-0.39, 0.29) is 29.5 Å². The van der Waals surface area contributed by atoms with Crippen LogP contribution in [0, 0.1) is 22.7 Å². The Labute approximate surface area is 145 Å². The van der Waals surface area contributed by atoms with Crippen molar-refractivity contribution in [3.05, 3.63) is 23.3 Å². The first-order valence-electron chi connectivity index (χ1n) is 8.98. The van der Waals surface area contributed by atoms with Crippen molar-refractivity contribution in [3.63, 3.8) is 0 Å². The molecular formula is C20H32O4. The van der Waals surface area contributed by atoms with E-state index in [0.29, 0.717) is 12.3 Å². The molecule has 24 heavy (non-hydrogen) atoms. The molecule has 2 aliphatic rings. The summed E-state index contributed by atoms with van der Waals surface area (Å²) in [6, 6.07) is 0. The highest BCUT2D eigenvalue weighted by Gasteiger charge is 2.54. The van der Waals surface area contributed by atoms with Gasteiger partial charge in [-0.3, -0.25) is 0 Å². The summed E-state index contributed by atoms with van der Waals surface area (Å²) in [7, 11) is 0. The van der Waals surface area contributed by atoms with Crippen LogP contribution in [-0.2, 0) is 4.79 Å². The second-order valence-corrected chi connectivity index (χ2v) is 8.70. The summed E-state index contributed by atoms with van der Waals surface area (Å²) in [5, 5.41) is 29.2. The molecule has 1 fully saturated rings. The molecular weight excluding hydrogens is 304 g/mol. The van der Waals surface area contributed by atoms with Crippen LogP contribution < -0.4 is 0 Å². The SMILES string of the molecule is CC(=CC(=O)O)CCC1C(CO)=CCC2C(C)(C)CC(O)CC12C. The van der Waals surface area contributed by atoms with Gasteiger partial charge in [-0.25, -0.2) is 4.79 Å². The average Bonchev–Trinajstić information content (AvgIpc) is 2.42. The standard InChI is InChI=1S/C20H32O4/c1-13(9-18(23)24)5-7-16-14(12-21)6-8-17-19(2,3)10-15(22)11-20(16,17)4/h6,9,15-17,21-22H,5,7-8,10-12H2,1-4H3,(H,23,24). The molecule has 0 radical (unpaired) electrons. The van der Waals surface area contributed by atoms with Gasteiger partial charge in [-0.1, -0.05) is 32.4 Å². The van der Waals surface area contributed by atoms with Gasteiger partial charge >= 0.3 is 5.97 Å². The summed E-state index contributed by atoms with van der Waals surface area (Å²) >= 11 is 0. The molecule has 4 nitrogen and oxygen atoms in total. The predicted octanol–water partition coefficient (Wildman–Crippen LogP) is 3.54. The minimum Gasteiger partial charge on any atom is -0.478 e. The van der Waals surface area contributed by atoms with Crippen molar-refractivity contribution in [2.45, 2.75) is 65.9 Å². The number of rotatable bonds is 5. The van der Waals surface area contributed by atoms with E-state index < -0.39 is 5.97 Å². The minimum atomic E-state index is -0.910. The number of hydrogen-bond acceptors (Lipinski definition) is 3. The lowest BCUT2D eigenvalue weighted by molar-refractivity contribution is -0.131. The summed E-state index contributed by atoms with van der Waals surface area (Å²) in [6.07, 6.45) is 7.19. The highest BCUT2D eigenvalue weighted by molar-refractivity contribution is 5.80. The van der Waals surface area contributed by atoms with Crippen LogP contribution in [0.25, 0.3) is 0 Å². The number of hydrogen-bond donors (Lipinski definition) is 3. The van der Waals surface area contributed by atoms with E-state index in [1.807, 2.05) is 6.92 Å². The predicted molar refractivity (Wildman–Crippen MR) is 94.5 cm³/mol. The highest BCUT2D eigenvalue weighted by Crippen LogP contribution is 2.60. The molecule has 0 aliphatic heterocycles. The van der Waals surface area contributed by atoms with E-state index in [1.54, 1.807) is 0 Å². The number of fused-ring (bicyclic) bond motifs is 1. The van der Waals surface area contributed by atoms with E-state index in [9.17, 15) is 15.0 Å². The average molecular weight is 336 g/mol. The first-order chi connectivity index (χ1) is 11.1. The summed E-state index contributed by atoms with van der Waals surface area (Å²) < 4.78 is 0. The maximum Gasteiger partial charge on any atom is 0.328 e. The number of aliphatic hydroxyl groups excluding tert-OH is 2. The first kappa shape index (κ1) is 19.2. The zero-order valence-corrected chi connectivity index (χ0v) is 15.4. The van der Waals surface area contributed by atoms with Gasteiger partial charge in [-0.05, 0) is 67.3 Å². The minimum absolute atomic E-state index is 0.0468. The van der Waals surface area contributed by atoms with Gasteiger partial charge in [0, 0.05) is 6.08 Å². The topological polar surface area (TPSA) is 77.8 Å². The molecule has 0 heterocycles. The van der Waals surface area contributed by atoms with Gasteiger partial charge in [-0.15, -0.1) is 0 Å². The van der Waals surface area contributed by atoms with E-state index in [0.717, 1.165) is 36.8 Å². The van der Waals surface area contributed by atoms with Gasteiger partial charge in [0.05, 0.1) is 12.7 Å². The normalized spacial score (nSPS) is 36.0. The molecule has 4 heteroatoms. The van der Waals surface area contributed by atoms with E-state index in [1.165, 1.54) is 6.08 Å². The van der Waals surface area contributed by atoms with Crippen LogP contribution in [0.1, 0.15) is 59.8 Å². The Hall–Kier alpha value is -1.13. The van der Waals surface area contributed by atoms with Crippen LogP contribution in [0.3, 0.4) is 0 Å². The molecule has 0 aromatic rings. The molecule has 2 aliphatic carbocycles. The van der Waals surface area contributed by atoms with Crippen LogP contribution >= 0.6 is 0 Å². The zero-order chi connectivity index (χ0) is 18.1. The fourth-order valence-electron chi connectivity index (χ4n) is 5.52. The molecule has 0 saturated heterocycles. The molecule has 0 aromatic carbocycles. The van der Waals surface area contributed by atoms with Crippen LogP contribution in [0.2, 0.25) is 0 Å². The summed E-state index contributed by atoms with van der Waals surface area (Å²) in [5.41, 5.74) is 1.91. The zero-order valence-electron chi connectivity index (χ0n) is 15.4. The number of allylic oxidation sites excluding steroid dienone is 2. The van der Waals surface area contributed by atoms with Crippen molar-refractivity contribution in [2.24, 2.45) is 22.7 Å². The van der Waals surface area contributed by atoms with Crippen LogP contribution in [0.4, 0.5) is 0 Å². The number of aliphatic carboxylic acids is 1. The quantitative estimate of drug-likeness (QED) is 0.530. The Morgan fingerprint density at radius 3 is 2.58 bits per heavy atom. The Morgan fingerprint density at radius 2 is 2.00 bits per heavy atom. The third-order valence-electron chi connectivity index (χ3n) is 6.42. The lowest BCUT2D eigenvalue weighted by Crippen LogP contribution is -2.52. The largest absolute Gasteiger partial charge is 0.478 e. The molecule has 1 saturated carbocycles. The highest BCUT2D eigenvalue weighted by atomic mass is 16.4. The Morgan fingerprint density at radius 1 is 1.33 bits per heavy atom. The molecule has 0 spiro atoms. The van der Waals surface area contributed by atoms with Crippen molar-refractivity contribution in [2.75, 3.05) is 6.61 Å². The van der Waals surface area contributed by atoms with Crippen molar-refractivity contribution >= 4 is 5.97 Å². The molecule has 0 bridgehead atoms. The van der Waals surface area contributed by atoms with E-state index in [4.69, 9.17) is 5.11 Å². The van der Waals surface area contributed by atoms with Crippen LogP contribution in [-0.4, -0.2) is 34.0 Å². The van der Waals surface area contributed by atoms with Crippen molar-refractivity contribution in [3.8, 4) is 0 Å². The van der Waals surface area contributed by atoms with Gasteiger partial charge in [-0.2, -0.15) is 0 Å².